The number of aryl methyl sites for hydroxylation is 2. The quantitative estimate of drug-likeness (QED) is 0.592. The molecule has 0 spiro atoms. The number of piperazine rings is 1. The van der Waals surface area contributed by atoms with Crippen molar-refractivity contribution in [2.45, 2.75) is 18.7 Å². The molecule has 2 heterocycles. The molecule has 1 saturated heterocycles. The van der Waals surface area contributed by atoms with Crippen LogP contribution in [0.5, 0.6) is 5.75 Å². The Morgan fingerprint density at radius 1 is 0.969 bits per heavy atom. The molecule has 32 heavy (non-hydrogen) atoms. The van der Waals surface area contributed by atoms with Gasteiger partial charge in [0.2, 0.25) is 10.0 Å². The maximum Gasteiger partial charge on any atom is 0.274 e. The largest absolute Gasteiger partial charge is 0.497 e. The number of aromatic nitrogens is 2. The molecule has 1 aliphatic rings. The average Bonchev–Trinajstić information content (AvgIpc) is 3.29. The lowest BCUT2D eigenvalue weighted by atomic mass is 10.2. The number of carbonyl (C=O) groups excluding carboxylic acids is 1. The number of hydrogen-bond donors (Lipinski definition) is 0. The van der Waals surface area contributed by atoms with E-state index in [1.54, 1.807) is 48.0 Å². The summed E-state index contributed by atoms with van der Waals surface area (Å²) >= 11 is 0. The van der Waals surface area contributed by atoms with Gasteiger partial charge in [-0.3, -0.25) is 4.79 Å². The summed E-state index contributed by atoms with van der Waals surface area (Å²) in [7, 11) is -1.99. The number of ether oxygens (including phenoxy) is 1. The van der Waals surface area contributed by atoms with Crippen LogP contribution in [0.15, 0.2) is 59.6 Å². The normalized spacial score (nSPS) is 15.0. The van der Waals surface area contributed by atoms with Crippen LogP contribution in [0.3, 0.4) is 0 Å². The summed E-state index contributed by atoms with van der Waals surface area (Å²) in [6.07, 6.45) is 1.73. The van der Waals surface area contributed by atoms with Crippen LogP contribution in [0.1, 0.15) is 21.6 Å². The SMILES string of the molecule is COc1ccc(-n2ccc(C(=O)N3CCN(S(=O)(=O)c4ccc(C)cc4C)CC3)n2)cc1. The molecule has 168 valence electrons. The van der Waals surface area contributed by atoms with Gasteiger partial charge >= 0.3 is 0 Å². The summed E-state index contributed by atoms with van der Waals surface area (Å²) in [6, 6.07) is 14.4. The van der Waals surface area contributed by atoms with E-state index in [4.69, 9.17) is 4.74 Å². The van der Waals surface area contributed by atoms with Gasteiger partial charge in [0.05, 0.1) is 17.7 Å². The van der Waals surface area contributed by atoms with Crippen molar-refractivity contribution in [1.82, 2.24) is 19.0 Å². The molecule has 0 saturated carbocycles. The summed E-state index contributed by atoms with van der Waals surface area (Å²) in [5.74, 6) is 0.534. The zero-order valence-electron chi connectivity index (χ0n) is 18.4. The number of nitrogens with zero attached hydrogens (tertiary/aromatic N) is 4. The molecule has 0 N–H and O–H groups in total. The van der Waals surface area contributed by atoms with Crippen LogP contribution in [0.25, 0.3) is 5.69 Å². The van der Waals surface area contributed by atoms with Crippen LogP contribution in [-0.2, 0) is 10.0 Å². The number of rotatable bonds is 5. The highest BCUT2D eigenvalue weighted by molar-refractivity contribution is 7.89. The molecule has 0 bridgehead atoms. The average molecular weight is 455 g/mol. The van der Waals surface area contributed by atoms with E-state index in [9.17, 15) is 13.2 Å². The zero-order chi connectivity index (χ0) is 22.9. The highest BCUT2D eigenvalue weighted by Crippen LogP contribution is 2.23. The monoisotopic (exact) mass is 454 g/mol. The van der Waals surface area contributed by atoms with E-state index in [0.717, 1.165) is 22.6 Å². The van der Waals surface area contributed by atoms with Crippen molar-refractivity contribution in [3.8, 4) is 11.4 Å². The number of methoxy groups -OCH3 is 1. The Morgan fingerprint density at radius 2 is 1.66 bits per heavy atom. The topological polar surface area (TPSA) is 84.7 Å². The van der Waals surface area contributed by atoms with Crippen molar-refractivity contribution >= 4 is 15.9 Å². The lowest BCUT2D eigenvalue weighted by Gasteiger charge is -2.34. The van der Waals surface area contributed by atoms with Gasteiger partial charge in [0.1, 0.15) is 5.75 Å². The molecule has 2 aromatic carbocycles. The summed E-state index contributed by atoms with van der Waals surface area (Å²) in [6.45, 7) is 4.88. The summed E-state index contributed by atoms with van der Waals surface area (Å²) in [5.41, 5.74) is 2.89. The smallest absolute Gasteiger partial charge is 0.274 e. The second kappa shape index (κ2) is 8.76. The Hall–Kier alpha value is -3.17. The van der Waals surface area contributed by atoms with E-state index in [1.165, 1.54) is 4.31 Å². The third-order valence-electron chi connectivity index (χ3n) is 5.62. The van der Waals surface area contributed by atoms with Gasteiger partial charge in [-0.25, -0.2) is 13.1 Å². The molecule has 1 aromatic heterocycles. The first-order chi connectivity index (χ1) is 15.3. The predicted molar refractivity (Wildman–Crippen MR) is 121 cm³/mol. The minimum Gasteiger partial charge on any atom is -0.497 e. The van der Waals surface area contributed by atoms with Gasteiger partial charge in [0.15, 0.2) is 5.69 Å². The van der Waals surface area contributed by atoms with Gasteiger partial charge < -0.3 is 9.64 Å². The molecule has 1 fully saturated rings. The third-order valence-corrected chi connectivity index (χ3v) is 7.68. The number of hydrogen-bond acceptors (Lipinski definition) is 5. The first-order valence-corrected chi connectivity index (χ1v) is 11.8. The van der Waals surface area contributed by atoms with Crippen LogP contribution in [0.2, 0.25) is 0 Å². The fourth-order valence-corrected chi connectivity index (χ4v) is 5.47. The maximum absolute atomic E-state index is 13.1. The van der Waals surface area contributed by atoms with Crippen molar-refractivity contribution in [2.24, 2.45) is 0 Å². The van der Waals surface area contributed by atoms with E-state index in [0.29, 0.717) is 23.7 Å². The van der Waals surface area contributed by atoms with Crippen LogP contribution >= 0.6 is 0 Å². The Morgan fingerprint density at radius 3 is 2.28 bits per heavy atom. The lowest BCUT2D eigenvalue weighted by molar-refractivity contribution is 0.0691. The lowest BCUT2D eigenvalue weighted by Crippen LogP contribution is -2.50. The molecule has 0 radical (unpaired) electrons. The van der Waals surface area contributed by atoms with Gasteiger partial charge in [0, 0.05) is 32.4 Å². The molecular formula is C23H26N4O4S. The van der Waals surface area contributed by atoms with Gasteiger partial charge in [-0.1, -0.05) is 17.7 Å². The van der Waals surface area contributed by atoms with Crippen LogP contribution in [-0.4, -0.2) is 66.6 Å². The summed E-state index contributed by atoms with van der Waals surface area (Å²) in [5, 5.41) is 4.40. The Labute approximate surface area is 188 Å². The van der Waals surface area contributed by atoms with Crippen molar-refractivity contribution < 1.29 is 17.9 Å². The zero-order valence-corrected chi connectivity index (χ0v) is 19.2. The molecule has 1 aliphatic heterocycles. The van der Waals surface area contributed by atoms with Crippen molar-refractivity contribution in [1.29, 1.82) is 0 Å². The Balaban J connectivity index is 1.43. The predicted octanol–water partition coefficient (Wildman–Crippen LogP) is 2.64. The fraction of sp³-hybridized carbons (Fsp3) is 0.304. The van der Waals surface area contributed by atoms with Crippen LogP contribution in [0.4, 0.5) is 0 Å². The number of benzene rings is 2. The molecule has 0 atom stereocenters. The molecule has 4 rings (SSSR count). The molecule has 0 unspecified atom stereocenters. The van der Waals surface area contributed by atoms with E-state index < -0.39 is 10.0 Å². The van der Waals surface area contributed by atoms with Gasteiger partial charge in [-0.05, 0) is 55.8 Å². The second-order valence-corrected chi connectivity index (χ2v) is 9.72. The van der Waals surface area contributed by atoms with Gasteiger partial charge in [0.25, 0.3) is 5.91 Å². The van der Waals surface area contributed by atoms with E-state index >= 15 is 0 Å². The first kappa shape index (κ1) is 22.0. The minimum absolute atomic E-state index is 0.208. The van der Waals surface area contributed by atoms with Crippen LogP contribution in [0, 0.1) is 13.8 Å². The van der Waals surface area contributed by atoms with E-state index in [2.05, 4.69) is 5.10 Å². The highest BCUT2D eigenvalue weighted by Gasteiger charge is 2.31. The van der Waals surface area contributed by atoms with Gasteiger partial charge in [-0.15, -0.1) is 0 Å². The minimum atomic E-state index is -3.60. The molecule has 0 aliphatic carbocycles. The second-order valence-electron chi connectivity index (χ2n) is 7.81. The molecule has 8 nitrogen and oxygen atoms in total. The van der Waals surface area contributed by atoms with Crippen molar-refractivity contribution in [3.05, 3.63) is 71.5 Å². The van der Waals surface area contributed by atoms with Crippen molar-refractivity contribution in [3.63, 3.8) is 0 Å². The Kier molecular flexibility index (Phi) is 6.03. The standard InChI is InChI=1S/C23H26N4O4S/c1-17-4-9-22(18(2)16-17)32(29,30)26-14-12-25(13-15-26)23(28)21-10-11-27(24-21)19-5-7-20(31-3)8-6-19/h4-11,16H,12-15H2,1-3H3. The third kappa shape index (κ3) is 4.26. The molecule has 9 heteroatoms. The summed E-state index contributed by atoms with van der Waals surface area (Å²) < 4.78 is 34.4. The number of amides is 1. The first-order valence-electron chi connectivity index (χ1n) is 10.4. The van der Waals surface area contributed by atoms with Crippen LogP contribution < -0.4 is 4.74 Å². The number of sulfonamides is 1. The van der Waals surface area contributed by atoms with Crippen molar-refractivity contribution in [2.75, 3.05) is 33.3 Å². The van der Waals surface area contributed by atoms with Gasteiger partial charge in [-0.2, -0.15) is 9.40 Å². The van der Waals surface area contributed by atoms with E-state index in [-0.39, 0.29) is 19.0 Å². The molecule has 1 amide bonds. The maximum atomic E-state index is 13.1. The number of carbonyl (C=O) groups is 1. The summed E-state index contributed by atoms with van der Waals surface area (Å²) in [4.78, 5) is 14.9. The highest BCUT2D eigenvalue weighted by atomic mass is 32.2. The molecular weight excluding hydrogens is 428 g/mol. The Bertz CT molecular complexity index is 1230. The fourth-order valence-electron chi connectivity index (χ4n) is 3.84. The molecule has 3 aromatic rings. The van der Waals surface area contributed by atoms with E-state index in [1.807, 2.05) is 37.3 Å².